The van der Waals surface area contributed by atoms with E-state index in [9.17, 15) is 37.4 Å². The molecule has 168 valence electrons. The van der Waals surface area contributed by atoms with Crippen LogP contribution in [0.4, 0.5) is 32.6 Å². The van der Waals surface area contributed by atoms with Gasteiger partial charge >= 0.3 is 16.4 Å². The van der Waals surface area contributed by atoms with Crippen LogP contribution in [0, 0.1) is 0 Å². The topological polar surface area (TPSA) is 51.2 Å². The molecule has 4 nitrogen and oxygen atoms in total. The zero-order chi connectivity index (χ0) is 22.9. The molecule has 1 aromatic heterocycles. The lowest BCUT2D eigenvalue weighted by atomic mass is 10.1. The van der Waals surface area contributed by atoms with Crippen LogP contribution in [-0.4, -0.2) is 23.7 Å². The van der Waals surface area contributed by atoms with E-state index in [0.717, 1.165) is 18.3 Å². The third-order valence-electron chi connectivity index (χ3n) is 3.69. The highest BCUT2D eigenvalue weighted by atomic mass is 32.5. The van der Waals surface area contributed by atoms with Crippen molar-refractivity contribution in [3.8, 4) is 5.75 Å². The second-order valence-corrected chi connectivity index (χ2v) is 8.81. The summed E-state index contributed by atoms with van der Waals surface area (Å²) in [5.41, 5.74) is -0.0298. The smallest absolute Gasteiger partial charge is 0.422 e. The highest BCUT2D eigenvalue weighted by Gasteiger charge is 2.65. The van der Waals surface area contributed by atoms with Crippen LogP contribution < -0.4 is 10.1 Å². The molecule has 1 amide bonds. The van der Waals surface area contributed by atoms with E-state index >= 15 is 0 Å². The van der Waals surface area contributed by atoms with Crippen LogP contribution in [0.25, 0.3) is 0 Å². The van der Waals surface area contributed by atoms with Crippen molar-refractivity contribution in [1.82, 2.24) is 10.3 Å². The summed E-state index contributed by atoms with van der Waals surface area (Å²) in [7, 11) is -9.86. The first-order chi connectivity index (χ1) is 13.4. The SMILES string of the molecule is C[C@@H](NC(=O)Cc1cccc(S(F)(F)(F)(F)F)c1)c1ccc(OCC(F)(F)F)cn1. The molecule has 1 N–H and O–H groups in total. The van der Waals surface area contributed by atoms with Gasteiger partial charge in [0, 0.05) is 0 Å². The number of amides is 1. The fraction of sp³-hybridized carbons (Fsp3) is 0.294. The summed E-state index contributed by atoms with van der Waals surface area (Å²) < 4.78 is 105. The summed E-state index contributed by atoms with van der Waals surface area (Å²) in [5, 5.41) is 2.42. The molecule has 1 atom stereocenters. The van der Waals surface area contributed by atoms with Gasteiger partial charge in [0.05, 0.1) is 24.4 Å². The van der Waals surface area contributed by atoms with Crippen LogP contribution in [0.2, 0.25) is 0 Å². The monoisotopic (exact) mass is 464 g/mol. The van der Waals surface area contributed by atoms with Gasteiger partial charge in [-0.25, -0.2) is 0 Å². The number of hydrogen-bond acceptors (Lipinski definition) is 3. The van der Waals surface area contributed by atoms with Gasteiger partial charge in [0.15, 0.2) is 6.61 Å². The van der Waals surface area contributed by atoms with Gasteiger partial charge in [0.1, 0.15) is 10.6 Å². The van der Waals surface area contributed by atoms with Crippen LogP contribution in [0.5, 0.6) is 5.75 Å². The maximum absolute atomic E-state index is 12.9. The van der Waals surface area contributed by atoms with Crippen LogP contribution in [0.15, 0.2) is 47.5 Å². The van der Waals surface area contributed by atoms with Crippen molar-refractivity contribution in [2.75, 3.05) is 6.61 Å². The predicted molar refractivity (Wildman–Crippen MR) is 93.9 cm³/mol. The summed E-state index contributed by atoms with van der Waals surface area (Å²) >= 11 is 0. The number of nitrogens with one attached hydrogen (secondary N) is 1. The van der Waals surface area contributed by atoms with Crippen LogP contribution >= 0.6 is 10.2 Å². The van der Waals surface area contributed by atoms with Gasteiger partial charge in [-0.3, -0.25) is 9.78 Å². The molecular weight excluding hydrogens is 448 g/mol. The first-order valence-corrected chi connectivity index (χ1v) is 10.2. The normalized spacial score (nSPS) is 15.6. The quantitative estimate of drug-likeness (QED) is 0.504. The number of ether oxygens (including phenoxy) is 1. The number of rotatable bonds is 7. The molecule has 0 aliphatic rings. The number of pyridine rings is 1. The summed E-state index contributed by atoms with van der Waals surface area (Å²) in [6.07, 6.45) is -4.10. The molecule has 0 radical (unpaired) electrons. The van der Waals surface area contributed by atoms with E-state index in [4.69, 9.17) is 0 Å². The molecule has 1 aromatic carbocycles. The third-order valence-corrected chi connectivity index (χ3v) is 4.84. The fourth-order valence-electron chi connectivity index (χ4n) is 2.35. The van der Waals surface area contributed by atoms with Crippen molar-refractivity contribution in [2.24, 2.45) is 0 Å². The van der Waals surface area contributed by atoms with E-state index in [2.05, 4.69) is 15.0 Å². The number of benzene rings is 1. The molecule has 2 rings (SSSR count). The number of alkyl halides is 3. The minimum absolute atomic E-state index is 0.151. The van der Waals surface area contributed by atoms with Crippen LogP contribution in [0.1, 0.15) is 24.2 Å². The van der Waals surface area contributed by atoms with E-state index in [1.165, 1.54) is 19.1 Å². The Balaban J connectivity index is 2.00. The average molecular weight is 464 g/mol. The zero-order valence-electron chi connectivity index (χ0n) is 15.2. The van der Waals surface area contributed by atoms with Gasteiger partial charge in [-0.2, -0.15) is 13.2 Å². The molecule has 0 aliphatic carbocycles. The zero-order valence-corrected chi connectivity index (χ0v) is 16.0. The minimum atomic E-state index is -9.86. The van der Waals surface area contributed by atoms with Gasteiger partial charge in [-0.15, -0.1) is 0 Å². The Morgan fingerprint density at radius 3 is 2.33 bits per heavy atom. The molecule has 0 fully saturated rings. The Hall–Kier alpha value is -2.57. The highest BCUT2D eigenvalue weighted by molar-refractivity contribution is 8.45. The van der Waals surface area contributed by atoms with Crippen LogP contribution in [0.3, 0.4) is 0 Å². The maximum Gasteiger partial charge on any atom is 0.422 e. The van der Waals surface area contributed by atoms with Gasteiger partial charge in [-0.1, -0.05) is 31.6 Å². The number of nitrogens with zero attached hydrogens (tertiary/aromatic N) is 1. The van der Waals surface area contributed by atoms with E-state index in [1.54, 1.807) is 0 Å². The van der Waals surface area contributed by atoms with Gasteiger partial charge in [-0.05, 0) is 36.8 Å². The number of carbonyl (C=O) groups excluding carboxylic acids is 1. The number of hydrogen-bond donors (Lipinski definition) is 1. The van der Waals surface area contributed by atoms with Crippen molar-refractivity contribution in [3.63, 3.8) is 0 Å². The standard InChI is InChI=1S/C17H16F8N2O2S/c1-11(15-6-5-13(9-26-15)29-10-17(18,19)20)27-16(28)8-12-3-2-4-14(7-12)30(21,22,23,24)25/h2-7,9,11H,8,10H2,1H3,(H,27,28)/t11-/m1/s1. The van der Waals surface area contributed by atoms with Crippen molar-refractivity contribution in [1.29, 1.82) is 0 Å². The molecule has 0 spiro atoms. The van der Waals surface area contributed by atoms with E-state index in [-0.39, 0.29) is 29.1 Å². The Bertz CT molecular complexity index is 915. The van der Waals surface area contributed by atoms with Gasteiger partial charge < -0.3 is 10.1 Å². The molecule has 13 heteroatoms. The van der Waals surface area contributed by atoms with Crippen molar-refractivity contribution < 1.29 is 42.1 Å². The lowest BCUT2D eigenvalue weighted by molar-refractivity contribution is -0.153. The molecule has 1 heterocycles. The maximum atomic E-state index is 12.9. The molecule has 0 aliphatic heterocycles. The summed E-state index contributed by atoms with van der Waals surface area (Å²) in [6, 6.07) is 4.07. The fourth-order valence-corrected chi connectivity index (χ4v) is 3.06. The van der Waals surface area contributed by atoms with Crippen molar-refractivity contribution in [3.05, 3.63) is 53.9 Å². The molecule has 30 heavy (non-hydrogen) atoms. The molecule has 0 bridgehead atoms. The number of halogens is 8. The summed E-state index contributed by atoms with van der Waals surface area (Å²) in [6.45, 7) is -0.0278. The van der Waals surface area contributed by atoms with E-state index in [0.29, 0.717) is 0 Å². The van der Waals surface area contributed by atoms with Gasteiger partial charge in [0.2, 0.25) is 5.91 Å². The Kier molecular flexibility index (Phi) is 5.76. The predicted octanol–water partition coefficient (Wildman–Crippen LogP) is 6.10. The molecule has 0 unspecified atom stereocenters. The average Bonchev–Trinajstić information content (AvgIpc) is 2.58. The molecule has 0 saturated carbocycles. The Morgan fingerprint density at radius 1 is 1.13 bits per heavy atom. The van der Waals surface area contributed by atoms with Crippen molar-refractivity contribution >= 4 is 16.1 Å². The lowest BCUT2D eigenvalue weighted by Crippen LogP contribution is -2.28. The van der Waals surface area contributed by atoms with Crippen LogP contribution in [-0.2, 0) is 11.2 Å². The highest BCUT2D eigenvalue weighted by Crippen LogP contribution is 3.02. The molecular formula is C17H16F8N2O2S. The lowest BCUT2D eigenvalue weighted by Gasteiger charge is -2.40. The van der Waals surface area contributed by atoms with E-state index in [1.807, 2.05) is 0 Å². The van der Waals surface area contributed by atoms with Crippen molar-refractivity contribution in [2.45, 2.75) is 30.5 Å². The Labute approximate surface area is 166 Å². The first-order valence-electron chi connectivity index (χ1n) is 8.21. The number of carbonyl (C=O) groups is 1. The summed E-state index contributed by atoms with van der Waals surface area (Å²) in [5.74, 6) is -0.914. The number of aromatic nitrogens is 1. The largest absolute Gasteiger partial charge is 0.483 e. The first kappa shape index (κ1) is 23.7. The Morgan fingerprint density at radius 2 is 1.80 bits per heavy atom. The minimum Gasteiger partial charge on any atom is -0.483 e. The second kappa shape index (κ2) is 7.29. The third kappa shape index (κ3) is 7.35. The summed E-state index contributed by atoms with van der Waals surface area (Å²) in [4.78, 5) is 13.8. The second-order valence-electron chi connectivity index (χ2n) is 6.40. The molecule has 2 aromatic rings. The molecule has 0 saturated heterocycles. The van der Waals surface area contributed by atoms with Gasteiger partial charge in [0.25, 0.3) is 0 Å². The van der Waals surface area contributed by atoms with E-state index < -0.39 is 46.3 Å².